The Hall–Kier alpha value is -2.70. The van der Waals surface area contributed by atoms with Crippen LogP contribution in [-0.4, -0.2) is 63.0 Å². The maximum atomic E-state index is 14.2. The molecule has 9 nitrogen and oxygen atoms in total. The minimum absolute atomic E-state index is 0.136. The van der Waals surface area contributed by atoms with Gasteiger partial charge in [-0.3, -0.25) is 18.9 Å². The van der Waals surface area contributed by atoms with Gasteiger partial charge in [-0.25, -0.2) is 0 Å². The van der Waals surface area contributed by atoms with Crippen molar-refractivity contribution in [2.75, 3.05) is 13.6 Å². The minimum atomic E-state index is -5.76. The van der Waals surface area contributed by atoms with Crippen LogP contribution < -0.4 is 5.32 Å². The van der Waals surface area contributed by atoms with E-state index in [1.807, 2.05) is 24.3 Å². The Morgan fingerprint density at radius 1 is 1.14 bits per heavy atom. The number of likely N-dealkylation sites (tertiary alicyclic amines) is 1. The van der Waals surface area contributed by atoms with Gasteiger partial charge in [0.15, 0.2) is 0 Å². The van der Waals surface area contributed by atoms with Gasteiger partial charge in [0, 0.05) is 34.9 Å². The lowest BCUT2D eigenvalue weighted by Crippen LogP contribution is -2.57. The predicted octanol–water partition coefficient (Wildman–Crippen LogP) is 5.68. The molecule has 1 saturated heterocycles. The van der Waals surface area contributed by atoms with Crippen LogP contribution in [0.4, 0.5) is 8.78 Å². The zero-order chi connectivity index (χ0) is 31.9. The fourth-order valence-corrected chi connectivity index (χ4v) is 6.70. The van der Waals surface area contributed by atoms with E-state index >= 15 is 0 Å². The molecule has 0 spiro atoms. The third kappa shape index (κ3) is 7.17. The molecule has 1 unspecified atom stereocenters. The number of hydrogen-bond acceptors (Lipinski definition) is 5. The van der Waals surface area contributed by atoms with Gasteiger partial charge in [-0.15, -0.1) is 11.3 Å². The van der Waals surface area contributed by atoms with Gasteiger partial charge in [-0.05, 0) is 59.5 Å². The molecule has 2 heterocycles. The predicted molar refractivity (Wildman–Crippen MR) is 164 cm³/mol. The Morgan fingerprint density at radius 3 is 2.40 bits per heavy atom. The standard InChI is InChI=1S/C29H33BrF2N3O6PS/c1-28(2,3)24(27(38)35-13-5-6-21(35)26(37)34(4)16-17-7-10-20(30)11-8-17)33-25(36)23-15-18-14-19(9-12-22(18)43-23)29(31,32)42(39,40)41/h7-12,14-15,21,24H,5-6,13,16H2,1-4H3,(H,33,36)(H2,39,40,41)/t21-,24?/m0/s1. The zero-order valence-electron chi connectivity index (χ0n) is 24.0. The van der Waals surface area contributed by atoms with Crippen LogP contribution in [0.1, 0.15) is 54.4 Å². The van der Waals surface area contributed by atoms with Crippen molar-refractivity contribution in [3.63, 3.8) is 0 Å². The fraction of sp³-hybridized carbons (Fsp3) is 0.414. The number of hydrogen-bond donors (Lipinski definition) is 3. The smallest absolute Gasteiger partial charge is 0.340 e. The zero-order valence-corrected chi connectivity index (χ0v) is 27.3. The summed E-state index contributed by atoms with van der Waals surface area (Å²) in [6, 6.07) is 10.4. The number of rotatable bonds is 8. The second-order valence-electron chi connectivity index (χ2n) is 11.7. The van der Waals surface area contributed by atoms with Gasteiger partial charge in [0.05, 0.1) is 4.88 Å². The summed E-state index contributed by atoms with van der Waals surface area (Å²) in [5.41, 5.74) is -5.04. The average Bonchev–Trinajstić information content (AvgIpc) is 3.58. The van der Waals surface area contributed by atoms with Crippen molar-refractivity contribution in [2.24, 2.45) is 5.41 Å². The van der Waals surface area contributed by atoms with Crippen LogP contribution in [0.15, 0.2) is 53.0 Å². The Labute approximate surface area is 260 Å². The van der Waals surface area contributed by atoms with Crippen molar-refractivity contribution in [1.29, 1.82) is 0 Å². The third-order valence-corrected chi connectivity index (χ3v) is 10.0. The molecule has 3 amide bonds. The molecule has 3 N–H and O–H groups in total. The normalized spacial score (nSPS) is 16.8. The Bertz CT molecular complexity index is 1590. The first-order chi connectivity index (χ1) is 19.9. The van der Waals surface area contributed by atoms with Crippen molar-refractivity contribution >= 4 is 62.7 Å². The number of likely N-dealkylation sites (N-methyl/N-ethyl adjacent to an activating group) is 1. The maximum absolute atomic E-state index is 14.2. The highest BCUT2D eigenvalue weighted by atomic mass is 79.9. The molecule has 2 aromatic carbocycles. The van der Waals surface area contributed by atoms with E-state index in [0.29, 0.717) is 30.6 Å². The maximum Gasteiger partial charge on any atom is 0.399 e. The number of thiophene rings is 1. The largest absolute Gasteiger partial charge is 0.399 e. The van der Waals surface area contributed by atoms with E-state index in [-0.39, 0.29) is 16.2 Å². The van der Waals surface area contributed by atoms with Gasteiger partial charge in [0.2, 0.25) is 11.8 Å². The second-order valence-corrected chi connectivity index (χ2v) is 15.4. The van der Waals surface area contributed by atoms with E-state index < -0.39 is 48.1 Å². The lowest BCUT2D eigenvalue weighted by atomic mass is 9.85. The van der Waals surface area contributed by atoms with Crippen LogP contribution >= 0.6 is 34.9 Å². The Kier molecular flexibility index (Phi) is 9.54. The summed E-state index contributed by atoms with van der Waals surface area (Å²) in [6.45, 7) is 6.12. The SMILES string of the molecule is CN(Cc1ccc(Br)cc1)C(=O)[C@@H]1CCCN1C(=O)C(NC(=O)c1cc2cc(C(F)(F)P(=O)(O)O)ccc2s1)C(C)(C)C. The van der Waals surface area contributed by atoms with Gasteiger partial charge < -0.3 is 24.9 Å². The summed E-state index contributed by atoms with van der Waals surface area (Å²) in [5, 5.41) is 3.00. The van der Waals surface area contributed by atoms with Crippen molar-refractivity contribution in [1.82, 2.24) is 15.1 Å². The first-order valence-corrected chi connectivity index (χ1v) is 16.7. The summed E-state index contributed by atoms with van der Waals surface area (Å²) >= 11 is 4.40. The molecule has 0 radical (unpaired) electrons. The van der Waals surface area contributed by atoms with Crippen LogP contribution in [0.5, 0.6) is 0 Å². The summed E-state index contributed by atoms with van der Waals surface area (Å²) in [5.74, 6) is -1.19. The van der Waals surface area contributed by atoms with Gasteiger partial charge in [-0.2, -0.15) is 8.78 Å². The number of nitrogens with one attached hydrogen (secondary N) is 1. The lowest BCUT2D eigenvalue weighted by molar-refractivity contribution is -0.145. The van der Waals surface area contributed by atoms with E-state index in [2.05, 4.69) is 21.2 Å². The summed E-state index contributed by atoms with van der Waals surface area (Å²) < 4.78 is 41.2. The lowest BCUT2D eigenvalue weighted by Gasteiger charge is -2.36. The van der Waals surface area contributed by atoms with Gasteiger partial charge >= 0.3 is 13.3 Å². The van der Waals surface area contributed by atoms with E-state index in [9.17, 15) is 27.7 Å². The molecule has 43 heavy (non-hydrogen) atoms. The molecular formula is C29H33BrF2N3O6PS. The molecule has 0 aliphatic carbocycles. The molecule has 1 aliphatic heterocycles. The summed E-state index contributed by atoms with van der Waals surface area (Å²) in [4.78, 5) is 62.1. The van der Waals surface area contributed by atoms with Crippen LogP contribution in [0, 0.1) is 5.41 Å². The van der Waals surface area contributed by atoms with Crippen LogP contribution in [0.25, 0.3) is 10.1 Å². The van der Waals surface area contributed by atoms with Gasteiger partial charge in [-0.1, -0.05) is 54.9 Å². The van der Waals surface area contributed by atoms with Crippen LogP contribution in [0.3, 0.4) is 0 Å². The van der Waals surface area contributed by atoms with Crippen LogP contribution in [0.2, 0.25) is 0 Å². The van der Waals surface area contributed by atoms with Crippen molar-refractivity contribution in [3.8, 4) is 0 Å². The van der Waals surface area contributed by atoms with Crippen molar-refractivity contribution in [2.45, 2.75) is 57.9 Å². The number of alkyl halides is 2. The second kappa shape index (κ2) is 12.4. The Morgan fingerprint density at radius 2 is 1.79 bits per heavy atom. The van der Waals surface area contributed by atoms with E-state index in [0.717, 1.165) is 33.5 Å². The number of fused-ring (bicyclic) bond motifs is 1. The highest BCUT2D eigenvalue weighted by Gasteiger charge is 2.50. The summed E-state index contributed by atoms with van der Waals surface area (Å²) in [6.07, 6.45) is 1.13. The number of amides is 3. The number of carbonyl (C=O) groups is 3. The molecule has 3 aromatic rings. The number of carbonyl (C=O) groups excluding carboxylic acids is 3. The minimum Gasteiger partial charge on any atom is -0.340 e. The van der Waals surface area contributed by atoms with Crippen molar-refractivity contribution in [3.05, 3.63) is 69.0 Å². The molecule has 1 fully saturated rings. The quantitative estimate of drug-likeness (QED) is 0.260. The third-order valence-electron chi connectivity index (χ3n) is 7.37. The first kappa shape index (κ1) is 33.2. The van der Waals surface area contributed by atoms with Crippen LogP contribution in [-0.2, 0) is 26.4 Å². The fourth-order valence-electron chi connectivity index (χ4n) is 5.01. The molecular weight excluding hydrogens is 667 g/mol. The molecule has 1 aromatic heterocycles. The topological polar surface area (TPSA) is 127 Å². The molecule has 0 bridgehead atoms. The highest BCUT2D eigenvalue weighted by molar-refractivity contribution is 9.10. The average molecular weight is 701 g/mol. The monoisotopic (exact) mass is 699 g/mol. The van der Waals surface area contributed by atoms with Gasteiger partial charge in [0.25, 0.3) is 5.91 Å². The molecule has 232 valence electrons. The molecule has 0 saturated carbocycles. The Balaban J connectivity index is 1.52. The molecule has 14 heteroatoms. The number of nitrogens with zero attached hydrogens (tertiary/aromatic N) is 2. The molecule has 2 atom stereocenters. The first-order valence-electron chi connectivity index (χ1n) is 13.5. The number of benzene rings is 2. The van der Waals surface area contributed by atoms with Crippen molar-refractivity contribution < 1.29 is 37.5 Å². The molecule has 4 rings (SSSR count). The van der Waals surface area contributed by atoms with E-state index in [1.165, 1.54) is 17.0 Å². The van der Waals surface area contributed by atoms with E-state index in [1.54, 1.807) is 32.7 Å². The number of halogens is 3. The highest BCUT2D eigenvalue weighted by Crippen LogP contribution is 2.59. The molecule has 1 aliphatic rings. The van der Waals surface area contributed by atoms with Gasteiger partial charge in [0.1, 0.15) is 12.1 Å². The summed E-state index contributed by atoms with van der Waals surface area (Å²) in [7, 11) is -4.07. The van der Waals surface area contributed by atoms with E-state index in [4.69, 9.17) is 9.79 Å².